The Morgan fingerprint density at radius 3 is 2.35 bits per heavy atom. The Morgan fingerprint density at radius 2 is 1.67 bits per heavy atom. The number of halogens is 1. The number of carboxylic acid groups (broad SMARTS) is 1. The van der Waals surface area contributed by atoms with Crippen LogP contribution in [0, 0.1) is 5.82 Å². The minimum atomic E-state index is -1.06. The summed E-state index contributed by atoms with van der Waals surface area (Å²) in [4.78, 5) is 30.4. The Morgan fingerprint density at radius 1 is 1.00 bits per heavy atom. The first-order chi connectivity index (χ1) is 20.6. The van der Waals surface area contributed by atoms with E-state index in [1.165, 1.54) is 0 Å². The third-order valence-electron chi connectivity index (χ3n) is 7.95. The maximum Gasteiger partial charge on any atom is 0.404 e. The SMILES string of the molecule is CC1CN(Cc2ccc(-c3cccc(Oc4ncc(F)cc4C(=O)NC4CCC(NC(=O)O)CC4)c3)cc2O)C[C@H](C)N1. The van der Waals surface area contributed by atoms with Crippen LogP contribution in [0.5, 0.6) is 17.4 Å². The highest BCUT2D eigenvalue weighted by Gasteiger charge is 2.26. The summed E-state index contributed by atoms with van der Waals surface area (Å²) < 4.78 is 20.1. The molecule has 1 aliphatic heterocycles. The molecule has 1 aliphatic carbocycles. The number of rotatable bonds is 8. The van der Waals surface area contributed by atoms with E-state index in [0.29, 0.717) is 50.1 Å². The second-order valence-electron chi connectivity index (χ2n) is 11.6. The van der Waals surface area contributed by atoms with Gasteiger partial charge in [0.1, 0.15) is 22.9 Å². The zero-order valence-corrected chi connectivity index (χ0v) is 24.3. The molecule has 3 aromatic rings. The number of carbonyl (C=O) groups is 2. The van der Waals surface area contributed by atoms with Crippen molar-refractivity contribution in [3.63, 3.8) is 0 Å². The van der Waals surface area contributed by atoms with Crippen LogP contribution in [0.15, 0.2) is 54.7 Å². The van der Waals surface area contributed by atoms with Gasteiger partial charge >= 0.3 is 6.09 Å². The van der Waals surface area contributed by atoms with Gasteiger partial charge in [-0.15, -0.1) is 0 Å². The number of aromatic hydroxyl groups is 1. The van der Waals surface area contributed by atoms with Crippen molar-refractivity contribution in [2.75, 3.05) is 13.1 Å². The molecule has 43 heavy (non-hydrogen) atoms. The maximum absolute atomic E-state index is 14.1. The first-order valence-electron chi connectivity index (χ1n) is 14.7. The van der Waals surface area contributed by atoms with Gasteiger partial charge in [-0.1, -0.05) is 24.3 Å². The number of nitrogens with zero attached hydrogens (tertiary/aromatic N) is 2. The van der Waals surface area contributed by atoms with Crippen molar-refractivity contribution >= 4 is 12.0 Å². The van der Waals surface area contributed by atoms with Crippen molar-refractivity contribution in [2.45, 2.75) is 70.2 Å². The van der Waals surface area contributed by atoms with Crippen LogP contribution in [0.1, 0.15) is 55.5 Å². The van der Waals surface area contributed by atoms with Crippen LogP contribution in [-0.4, -0.2) is 69.4 Å². The molecule has 0 bridgehead atoms. The molecule has 2 fully saturated rings. The predicted octanol–water partition coefficient (Wildman–Crippen LogP) is 4.88. The average molecular weight is 592 g/mol. The highest BCUT2D eigenvalue weighted by Crippen LogP contribution is 2.32. The predicted molar refractivity (Wildman–Crippen MR) is 160 cm³/mol. The number of piperazine rings is 1. The summed E-state index contributed by atoms with van der Waals surface area (Å²) in [7, 11) is 0. The average Bonchev–Trinajstić information content (AvgIpc) is 2.95. The molecule has 2 aromatic carbocycles. The summed E-state index contributed by atoms with van der Waals surface area (Å²) in [5.41, 5.74) is 2.42. The van der Waals surface area contributed by atoms with E-state index < -0.39 is 17.8 Å². The summed E-state index contributed by atoms with van der Waals surface area (Å²) in [5, 5.41) is 28.7. The first kappa shape index (κ1) is 30.2. The van der Waals surface area contributed by atoms with Gasteiger partial charge in [0, 0.05) is 49.4 Å². The number of aromatic nitrogens is 1. The van der Waals surface area contributed by atoms with Gasteiger partial charge in [0.05, 0.1) is 6.20 Å². The lowest BCUT2D eigenvalue weighted by molar-refractivity contribution is 0.0919. The summed E-state index contributed by atoms with van der Waals surface area (Å²) >= 11 is 0. The largest absolute Gasteiger partial charge is 0.508 e. The molecule has 2 aliphatic rings. The number of pyridine rings is 1. The van der Waals surface area contributed by atoms with Crippen LogP contribution >= 0.6 is 0 Å². The van der Waals surface area contributed by atoms with Gasteiger partial charge in [-0.25, -0.2) is 14.2 Å². The number of phenols is 1. The molecule has 228 valence electrons. The lowest BCUT2D eigenvalue weighted by Crippen LogP contribution is -2.53. The van der Waals surface area contributed by atoms with Gasteiger partial charge in [-0.2, -0.15) is 0 Å². The topological polar surface area (TPSA) is 136 Å². The van der Waals surface area contributed by atoms with Crippen molar-refractivity contribution in [3.05, 3.63) is 71.7 Å². The van der Waals surface area contributed by atoms with Gasteiger partial charge in [0.2, 0.25) is 5.88 Å². The standard InChI is InChI=1S/C32H38FN5O5/c1-19-16-38(17-20(2)35-19)18-23-7-6-22(13-29(23)39)21-4-3-5-27(12-21)43-31-28(14-24(33)15-34-31)30(40)36-25-8-10-26(11-9-25)37-32(41)42/h3-7,12-15,19-20,25-26,35,37,39H,8-11,16-18H2,1-2H3,(H,36,40)(H,41,42)/t19-,20?,25?,26?/m0/s1. The molecule has 11 heteroatoms. The highest BCUT2D eigenvalue weighted by atomic mass is 19.1. The molecule has 1 saturated carbocycles. The molecule has 5 N–H and O–H groups in total. The van der Waals surface area contributed by atoms with Crippen LogP contribution < -0.4 is 20.7 Å². The molecule has 2 heterocycles. The van der Waals surface area contributed by atoms with E-state index in [9.17, 15) is 19.1 Å². The summed E-state index contributed by atoms with van der Waals surface area (Å²) in [6, 6.07) is 14.4. The Balaban J connectivity index is 1.26. The van der Waals surface area contributed by atoms with Crippen LogP contribution in [0.4, 0.5) is 9.18 Å². The number of hydrogen-bond acceptors (Lipinski definition) is 7. The monoisotopic (exact) mass is 591 g/mol. The summed E-state index contributed by atoms with van der Waals surface area (Å²) in [5.74, 6) is -0.592. The fourth-order valence-corrected chi connectivity index (χ4v) is 6.03. The van der Waals surface area contributed by atoms with Gasteiger partial charge in [0.25, 0.3) is 5.91 Å². The number of ether oxygens (including phenoxy) is 1. The van der Waals surface area contributed by atoms with E-state index in [4.69, 9.17) is 9.84 Å². The zero-order valence-electron chi connectivity index (χ0n) is 24.3. The lowest BCUT2D eigenvalue weighted by atomic mass is 9.91. The molecule has 0 spiro atoms. The molecular formula is C32H38FN5O5. The summed E-state index contributed by atoms with van der Waals surface area (Å²) in [6.07, 6.45) is 2.32. The van der Waals surface area contributed by atoms with Crippen molar-refractivity contribution < 1.29 is 28.9 Å². The maximum atomic E-state index is 14.1. The van der Waals surface area contributed by atoms with Crippen LogP contribution in [0.25, 0.3) is 11.1 Å². The van der Waals surface area contributed by atoms with Crippen LogP contribution in [0.2, 0.25) is 0 Å². The Kier molecular flexibility index (Phi) is 9.42. The van der Waals surface area contributed by atoms with Crippen molar-refractivity contribution in [1.82, 2.24) is 25.8 Å². The molecule has 2 amide bonds. The number of carbonyl (C=O) groups excluding carboxylic acids is 1. The molecule has 1 saturated heterocycles. The van der Waals surface area contributed by atoms with E-state index in [1.54, 1.807) is 24.3 Å². The number of phenolic OH excluding ortho intramolecular Hbond substituents is 1. The van der Waals surface area contributed by atoms with E-state index >= 15 is 0 Å². The molecule has 2 atom stereocenters. The van der Waals surface area contributed by atoms with Crippen molar-refractivity contribution in [3.8, 4) is 28.5 Å². The molecule has 1 unspecified atom stereocenters. The van der Waals surface area contributed by atoms with E-state index in [1.807, 2.05) is 18.2 Å². The summed E-state index contributed by atoms with van der Waals surface area (Å²) in [6.45, 7) is 6.80. The fraction of sp³-hybridized carbons (Fsp3) is 0.406. The van der Waals surface area contributed by atoms with Crippen LogP contribution in [-0.2, 0) is 6.54 Å². The highest BCUT2D eigenvalue weighted by molar-refractivity contribution is 5.96. The number of amides is 2. The number of nitrogens with one attached hydrogen (secondary N) is 3. The minimum absolute atomic E-state index is 0.0325. The zero-order chi connectivity index (χ0) is 30.5. The molecular weight excluding hydrogens is 553 g/mol. The number of hydrogen-bond donors (Lipinski definition) is 5. The Bertz CT molecular complexity index is 1450. The second kappa shape index (κ2) is 13.4. The third-order valence-corrected chi connectivity index (χ3v) is 7.95. The normalized spacial score (nSPS) is 22.5. The molecule has 0 radical (unpaired) electrons. The quantitative estimate of drug-likeness (QED) is 0.250. The second-order valence-corrected chi connectivity index (χ2v) is 11.6. The van der Waals surface area contributed by atoms with Gasteiger partial charge in [-0.05, 0) is 74.9 Å². The molecule has 10 nitrogen and oxygen atoms in total. The third kappa shape index (κ3) is 7.99. The Hall–Kier alpha value is -4.22. The van der Waals surface area contributed by atoms with Crippen LogP contribution in [0.3, 0.4) is 0 Å². The number of benzene rings is 2. The van der Waals surface area contributed by atoms with Gasteiger partial charge in [0.15, 0.2) is 0 Å². The van der Waals surface area contributed by atoms with Gasteiger partial charge < -0.3 is 30.9 Å². The lowest BCUT2D eigenvalue weighted by Gasteiger charge is -2.36. The van der Waals surface area contributed by atoms with E-state index in [0.717, 1.165) is 42.0 Å². The first-order valence-corrected chi connectivity index (χ1v) is 14.7. The minimum Gasteiger partial charge on any atom is -0.508 e. The van der Waals surface area contributed by atoms with Crippen molar-refractivity contribution in [2.24, 2.45) is 0 Å². The van der Waals surface area contributed by atoms with E-state index in [-0.39, 0.29) is 29.3 Å². The van der Waals surface area contributed by atoms with Crippen molar-refractivity contribution in [1.29, 1.82) is 0 Å². The smallest absolute Gasteiger partial charge is 0.404 e. The van der Waals surface area contributed by atoms with Gasteiger partial charge in [-0.3, -0.25) is 9.69 Å². The Labute approximate surface area is 250 Å². The fourth-order valence-electron chi connectivity index (χ4n) is 6.03. The molecule has 5 rings (SSSR count). The molecule has 1 aromatic heterocycles. The van der Waals surface area contributed by atoms with E-state index in [2.05, 4.69) is 39.7 Å².